The Bertz CT molecular complexity index is 697. The summed E-state index contributed by atoms with van der Waals surface area (Å²) in [5, 5.41) is 0. The molecule has 3 aliphatic heterocycles. The van der Waals surface area contributed by atoms with Crippen molar-refractivity contribution in [3.8, 4) is 5.75 Å². The quantitative estimate of drug-likeness (QED) is 0.618. The first-order valence-corrected chi connectivity index (χ1v) is 7.50. The molecule has 4 atom stereocenters. The monoisotopic (exact) mass is 315 g/mol. The Kier molecular flexibility index (Phi) is 2.99. The number of carbonyl (C=O) groups is 2. The average Bonchev–Trinajstić information content (AvgIpc) is 3.22. The summed E-state index contributed by atoms with van der Waals surface area (Å²) in [4.78, 5) is 26.7. The lowest BCUT2D eigenvalue weighted by Crippen LogP contribution is -2.39. The van der Waals surface area contributed by atoms with E-state index >= 15 is 0 Å². The lowest BCUT2D eigenvalue weighted by atomic mass is 9.77. The molecule has 0 unspecified atom stereocenters. The highest BCUT2D eigenvalue weighted by Gasteiger charge is 2.67. The first kappa shape index (κ1) is 14.3. The minimum absolute atomic E-state index is 0.0996. The number of fused-ring (bicyclic) bond motifs is 1. The number of nitrogens with zero attached hydrogens (tertiary/aromatic N) is 1. The molecule has 1 aromatic carbocycles. The Morgan fingerprint density at radius 1 is 1.30 bits per heavy atom. The fourth-order valence-corrected chi connectivity index (χ4v) is 3.88. The van der Waals surface area contributed by atoms with E-state index < -0.39 is 23.4 Å². The minimum Gasteiger partial charge on any atom is -0.497 e. The Hall–Kier alpha value is -2.34. The molecule has 2 fully saturated rings. The van der Waals surface area contributed by atoms with Gasteiger partial charge in [0.15, 0.2) is 0 Å². The molecule has 1 spiro atoms. The number of carbonyl (C=O) groups excluding carboxylic acids is 2. The van der Waals surface area contributed by atoms with E-state index in [-0.39, 0.29) is 12.0 Å². The third-order valence-corrected chi connectivity index (χ3v) is 4.96. The predicted molar refractivity (Wildman–Crippen MR) is 81.1 cm³/mol. The SMILES string of the molecule is COC(=O)[C@H]1[C@H]2C(=O)N(c3ccc(OC)cc3)C[C@]23C=C[C@H]1O3. The molecule has 0 saturated carbocycles. The van der Waals surface area contributed by atoms with Crippen LogP contribution in [0.5, 0.6) is 5.75 Å². The van der Waals surface area contributed by atoms with Crippen LogP contribution >= 0.6 is 0 Å². The van der Waals surface area contributed by atoms with E-state index in [4.69, 9.17) is 14.2 Å². The summed E-state index contributed by atoms with van der Waals surface area (Å²) < 4.78 is 16.0. The lowest BCUT2D eigenvalue weighted by molar-refractivity contribution is -0.149. The number of amides is 1. The van der Waals surface area contributed by atoms with Crippen molar-refractivity contribution in [1.29, 1.82) is 0 Å². The van der Waals surface area contributed by atoms with Gasteiger partial charge >= 0.3 is 5.97 Å². The van der Waals surface area contributed by atoms with E-state index in [0.717, 1.165) is 11.4 Å². The second-order valence-electron chi connectivity index (χ2n) is 6.05. The second kappa shape index (κ2) is 4.83. The molecule has 0 aliphatic carbocycles. The smallest absolute Gasteiger partial charge is 0.312 e. The number of benzene rings is 1. The highest BCUT2D eigenvalue weighted by atomic mass is 16.5. The van der Waals surface area contributed by atoms with E-state index in [1.54, 1.807) is 24.1 Å². The Morgan fingerprint density at radius 2 is 2.04 bits per heavy atom. The predicted octanol–water partition coefficient (Wildman–Crippen LogP) is 1.15. The molecule has 23 heavy (non-hydrogen) atoms. The number of esters is 1. The van der Waals surface area contributed by atoms with Crippen LogP contribution in [-0.4, -0.2) is 44.3 Å². The summed E-state index contributed by atoms with van der Waals surface area (Å²) in [7, 11) is 2.93. The van der Waals surface area contributed by atoms with E-state index in [0.29, 0.717) is 6.54 Å². The number of methoxy groups -OCH3 is 2. The Labute approximate surface area is 133 Å². The van der Waals surface area contributed by atoms with Gasteiger partial charge in [0.1, 0.15) is 17.3 Å². The Morgan fingerprint density at radius 3 is 2.70 bits per heavy atom. The summed E-state index contributed by atoms with van der Waals surface area (Å²) in [5.41, 5.74) is 0.0456. The number of hydrogen-bond acceptors (Lipinski definition) is 5. The Balaban J connectivity index is 1.68. The summed E-state index contributed by atoms with van der Waals surface area (Å²) in [6, 6.07) is 7.27. The van der Waals surface area contributed by atoms with Gasteiger partial charge in [-0.05, 0) is 24.3 Å². The molecule has 120 valence electrons. The summed E-state index contributed by atoms with van der Waals surface area (Å²) in [5.74, 6) is -0.857. The first-order valence-electron chi connectivity index (χ1n) is 7.50. The maximum atomic E-state index is 12.9. The van der Waals surface area contributed by atoms with Crippen LogP contribution in [0.15, 0.2) is 36.4 Å². The van der Waals surface area contributed by atoms with Gasteiger partial charge in [0.05, 0.1) is 32.8 Å². The van der Waals surface area contributed by atoms with Gasteiger partial charge in [-0.15, -0.1) is 0 Å². The zero-order valence-electron chi connectivity index (χ0n) is 12.9. The fourth-order valence-electron chi connectivity index (χ4n) is 3.88. The van der Waals surface area contributed by atoms with Gasteiger partial charge in [0.2, 0.25) is 5.91 Å². The summed E-state index contributed by atoms with van der Waals surface area (Å²) in [6.45, 7) is 0.406. The van der Waals surface area contributed by atoms with Crippen molar-refractivity contribution in [3.63, 3.8) is 0 Å². The minimum atomic E-state index is -0.722. The largest absolute Gasteiger partial charge is 0.497 e. The highest BCUT2D eigenvalue weighted by Crippen LogP contribution is 2.52. The van der Waals surface area contributed by atoms with Crippen molar-refractivity contribution in [2.45, 2.75) is 11.7 Å². The fraction of sp³-hybridized carbons (Fsp3) is 0.412. The van der Waals surface area contributed by atoms with Crippen LogP contribution in [0.25, 0.3) is 0 Å². The molecule has 2 bridgehead atoms. The van der Waals surface area contributed by atoms with Crippen LogP contribution in [0.4, 0.5) is 5.69 Å². The molecule has 6 heteroatoms. The van der Waals surface area contributed by atoms with Crippen LogP contribution in [0.3, 0.4) is 0 Å². The van der Waals surface area contributed by atoms with Gasteiger partial charge in [0, 0.05) is 5.69 Å². The van der Waals surface area contributed by atoms with E-state index in [1.165, 1.54) is 7.11 Å². The molecular formula is C17H17NO5. The highest BCUT2D eigenvalue weighted by molar-refractivity contribution is 6.02. The van der Waals surface area contributed by atoms with E-state index in [1.807, 2.05) is 24.3 Å². The summed E-state index contributed by atoms with van der Waals surface area (Å²) >= 11 is 0. The van der Waals surface area contributed by atoms with Gasteiger partial charge in [-0.1, -0.05) is 12.2 Å². The molecular weight excluding hydrogens is 298 g/mol. The van der Waals surface area contributed by atoms with Crippen molar-refractivity contribution in [3.05, 3.63) is 36.4 Å². The molecule has 0 aromatic heterocycles. The zero-order chi connectivity index (χ0) is 16.2. The van der Waals surface area contributed by atoms with Crippen LogP contribution < -0.4 is 9.64 Å². The maximum absolute atomic E-state index is 12.9. The molecule has 6 nitrogen and oxygen atoms in total. The van der Waals surface area contributed by atoms with E-state index in [2.05, 4.69) is 0 Å². The molecule has 4 rings (SSSR count). The van der Waals surface area contributed by atoms with Crippen LogP contribution in [0, 0.1) is 11.8 Å². The second-order valence-corrected chi connectivity index (χ2v) is 6.05. The van der Waals surface area contributed by atoms with Crippen molar-refractivity contribution in [2.75, 3.05) is 25.7 Å². The van der Waals surface area contributed by atoms with Gasteiger partial charge < -0.3 is 19.1 Å². The first-order chi connectivity index (χ1) is 11.1. The molecule has 3 heterocycles. The summed E-state index contributed by atoms with van der Waals surface area (Å²) in [6.07, 6.45) is 3.42. The number of rotatable bonds is 3. The normalized spacial score (nSPS) is 33.9. The van der Waals surface area contributed by atoms with Crippen LogP contribution in [0.1, 0.15) is 0 Å². The standard InChI is InChI=1S/C17H17NO5/c1-21-11-5-3-10(4-6-11)18-9-17-8-7-12(23-17)13(16(20)22-2)14(17)15(18)19/h3-8,12-14H,9H2,1-2H3/t12-,13-,14+,17-/m1/s1. The molecule has 3 aliphatic rings. The van der Waals surface area contributed by atoms with Crippen molar-refractivity contribution in [1.82, 2.24) is 0 Å². The van der Waals surface area contributed by atoms with Gasteiger partial charge in [-0.2, -0.15) is 0 Å². The maximum Gasteiger partial charge on any atom is 0.312 e. The molecule has 0 N–H and O–H groups in total. The molecule has 1 amide bonds. The van der Waals surface area contributed by atoms with Crippen molar-refractivity contribution in [2.24, 2.45) is 11.8 Å². The van der Waals surface area contributed by atoms with Gasteiger partial charge in [0.25, 0.3) is 0 Å². The molecule has 0 radical (unpaired) electrons. The van der Waals surface area contributed by atoms with Gasteiger partial charge in [-0.3, -0.25) is 9.59 Å². The zero-order valence-corrected chi connectivity index (χ0v) is 12.9. The third-order valence-electron chi connectivity index (χ3n) is 4.96. The lowest BCUT2D eigenvalue weighted by Gasteiger charge is -2.22. The van der Waals surface area contributed by atoms with Crippen molar-refractivity contribution >= 4 is 17.6 Å². The number of ether oxygens (including phenoxy) is 3. The third kappa shape index (κ3) is 1.84. The van der Waals surface area contributed by atoms with Crippen LogP contribution in [0.2, 0.25) is 0 Å². The van der Waals surface area contributed by atoms with Gasteiger partial charge in [-0.25, -0.2) is 0 Å². The van der Waals surface area contributed by atoms with Crippen LogP contribution in [-0.2, 0) is 19.1 Å². The number of anilines is 1. The topological polar surface area (TPSA) is 65.1 Å². The van der Waals surface area contributed by atoms with Crippen molar-refractivity contribution < 1.29 is 23.8 Å². The average molecular weight is 315 g/mol. The molecule has 2 saturated heterocycles. The number of hydrogen-bond donors (Lipinski definition) is 0. The van der Waals surface area contributed by atoms with E-state index in [9.17, 15) is 9.59 Å². The molecule has 1 aromatic rings.